The van der Waals surface area contributed by atoms with E-state index in [0.717, 1.165) is 32.5 Å². The molecule has 0 spiro atoms. The summed E-state index contributed by atoms with van der Waals surface area (Å²) in [6.45, 7) is 2.30. The first kappa shape index (κ1) is 16.8. The van der Waals surface area contributed by atoms with Gasteiger partial charge in [0.25, 0.3) is 0 Å². The second-order valence-corrected chi connectivity index (χ2v) is 6.29. The molecule has 1 N–H and O–H groups in total. The van der Waals surface area contributed by atoms with E-state index in [9.17, 15) is 8.78 Å². The molecule has 3 nitrogen and oxygen atoms in total. The van der Waals surface area contributed by atoms with E-state index in [2.05, 4.69) is 37.8 Å². The molecule has 21 heavy (non-hydrogen) atoms. The van der Waals surface area contributed by atoms with Crippen molar-refractivity contribution >= 4 is 33.2 Å². The summed E-state index contributed by atoms with van der Waals surface area (Å²) in [6.07, 6.45) is 1.93. The molecule has 1 aliphatic rings. The monoisotopic (exact) mass is 382 g/mol. The predicted octanol–water partition coefficient (Wildman–Crippen LogP) is 4.60. The number of hydrogen-bond donors (Lipinski definition) is 1. The van der Waals surface area contributed by atoms with Crippen LogP contribution < -0.4 is 10.1 Å². The molecule has 0 bridgehead atoms. The van der Waals surface area contributed by atoms with Crippen molar-refractivity contribution in [3.05, 3.63) is 21.6 Å². The maximum atomic E-state index is 12.5. The predicted molar refractivity (Wildman–Crippen MR) is 84.5 cm³/mol. The van der Waals surface area contributed by atoms with Crippen molar-refractivity contribution in [2.75, 3.05) is 25.0 Å². The number of nitrogens with one attached hydrogen (secondary N) is 1. The zero-order valence-electron chi connectivity index (χ0n) is 11.7. The second-order valence-electron chi connectivity index (χ2n) is 5.00. The number of likely N-dealkylation sites (tertiary alicyclic amines) is 1. The molecular weight excluding hydrogens is 366 g/mol. The molecule has 1 fully saturated rings. The van der Waals surface area contributed by atoms with Crippen LogP contribution in [0, 0.1) is 0 Å². The Hall–Kier alpha value is -0.590. The molecule has 118 valence electrons. The van der Waals surface area contributed by atoms with Crippen LogP contribution >= 0.6 is 27.5 Å². The summed E-state index contributed by atoms with van der Waals surface area (Å²) in [5.41, 5.74) is 0.504. The Morgan fingerprint density at radius 2 is 2.10 bits per heavy atom. The van der Waals surface area contributed by atoms with Crippen LogP contribution in [0.15, 0.2) is 16.6 Å². The third kappa shape index (κ3) is 4.69. The lowest BCUT2D eigenvalue weighted by Gasteiger charge is -2.32. The number of ether oxygens (including phenoxy) is 1. The molecule has 1 saturated heterocycles. The van der Waals surface area contributed by atoms with Gasteiger partial charge in [-0.3, -0.25) is 0 Å². The molecule has 0 unspecified atom stereocenters. The Morgan fingerprint density at radius 3 is 2.67 bits per heavy atom. The lowest BCUT2D eigenvalue weighted by atomic mass is 10.0. The fourth-order valence-corrected chi connectivity index (χ4v) is 3.39. The number of anilines is 1. The Kier molecular flexibility index (Phi) is 6.08. The summed E-state index contributed by atoms with van der Waals surface area (Å²) in [7, 11) is 0. The van der Waals surface area contributed by atoms with Gasteiger partial charge in [0.05, 0.1) is 10.2 Å². The van der Waals surface area contributed by atoms with Gasteiger partial charge in [-0.2, -0.15) is 8.78 Å². The minimum atomic E-state index is -2.87. The molecule has 0 radical (unpaired) electrons. The molecule has 1 aromatic rings. The molecule has 2 rings (SSSR count). The van der Waals surface area contributed by atoms with Crippen LogP contribution in [-0.4, -0.2) is 37.2 Å². The SMILES string of the molecule is CCN1CCC(Nc2cc(Cl)cc(Br)c2OC(F)F)CC1. The first-order chi connectivity index (χ1) is 9.99. The highest BCUT2D eigenvalue weighted by Gasteiger charge is 2.21. The largest absolute Gasteiger partial charge is 0.431 e. The van der Waals surface area contributed by atoms with E-state index in [1.54, 1.807) is 12.1 Å². The molecule has 0 aliphatic carbocycles. The molecule has 1 heterocycles. The molecule has 0 atom stereocenters. The summed E-state index contributed by atoms with van der Waals surface area (Å²) >= 11 is 9.22. The molecular formula is C14H18BrClF2N2O. The Balaban J connectivity index is 2.11. The molecule has 1 aromatic carbocycles. The Morgan fingerprint density at radius 1 is 1.43 bits per heavy atom. The maximum Gasteiger partial charge on any atom is 0.387 e. The van der Waals surface area contributed by atoms with Crippen LogP contribution in [0.1, 0.15) is 19.8 Å². The molecule has 0 aromatic heterocycles. The molecule has 1 aliphatic heterocycles. The fraction of sp³-hybridized carbons (Fsp3) is 0.571. The summed E-state index contributed by atoms with van der Waals surface area (Å²) in [4.78, 5) is 2.36. The first-order valence-corrected chi connectivity index (χ1v) is 8.09. The normalized spacial score (nSPS) is 17.2. The average Bonchev–Trinajstić information content (AvgIpc) is 2.43. The Labute approximate surface area is 136 Å². The van der Waals surface area contributed by atoms with Crippen LogP contribution in [0.25, 0.3) is 0 Å². The van der Waals surface area contributed by atoms with Gasteiger partial charge < -0.3 is 15.0 Å². The first-order valence-electron chi connectivity index (χ1n) is 6.92. The quantitative estimate of drug-likeness (QED) is 0.804. The zero-order chi connectivity index (χ0) is 15.4. The zero-order valence-corrected chi connectivity index (χ0v) is 14.1. The van der Waals surface area contributed by atoms with Crippen molar-refractivity contribution in [3.63, 3.8) is 0 Å². The van der Waals surface area contributed by atoms with Crippen LogP contribution in [0.5, 0.6) is 5.75 Å². The highest BCUT2D eigenvalue weighted by atomic mass is 79.9. The fourth-order valence-electron chi connectivity index (χ4n) is 2.49. The number of piperidine rings is 1. The van der Waals surface area contributed by atoms with Crippen molar-refractivity contribution in [2.45, 2.75) is 32.4 Å². The van der Waals surface area contributed by atoms with Gasteiger partial charge in [-0.25, -0.2) is 0 Å². The summed E-state index contributed by atoms with van der Waals surface area (Å²) < 4.78 is 30.1. The second kappa shape index (κ2) is 7.61. The molecule has 7 heteroatoms. The Bertz CT molecular complexity index is 482. The topological polar surface area (TPSA) is 24.5 Å². The van der Waals surface area contributed by atoms with Gasteiger partial charge in [-0.1, -0.05) is 18.5 Å². The van der Waals surface area contributed by atoms with E-state index in [-0.39, 0.29) is 11.8 Å². The summed E-state index contributed by atoms with van der Waals surface area (Å²) in [5, 5.41) is 3.75. The molecule has 0 amide bonds. The standard InChI is InChI=1S/C14H18BrClF2N2O/c1-2-20-5-3-10(4-6-20)19-12-8-9(16)7-11(15)13(12)21-14(17)18/h7-8,10,14,19H,2-6H2,1H3. The van der Waals surface area contributed by atoms with Crippen LogP contribution in [0.4, 0.5) is 14.5 Å². The van der Waals surface area contributed by atoms with Crippen molar-refractivity contribution in [1.82, 2.24) is 4.90 Å². The van der Waals surface area contributed by atoms with Crippen LogP contribution in [-0.2, 0) is 0 Å². The lowest BCUT2D eigenvalue weighted by molar-refractivity contribution is -0.0499. The third-order valence-corrected chi connectivity index (χ3v) is 4.42. The summed E-state index contributed by atoms with van der Waals surface area (Å²) in [6, 6.07) is 3.40. The minimum Gasteiger partial charge on any atom is -0.431 e. The molecule has 0 saturated carbocycles. The van der Waals surface area contributed by atoms with Crippen molar-refractivity contribution in [3.8, 4) is 5.75 Å². The van der Waals surface area contributed by atoms with Gasteiger partial charge in [0, 0.05) is 24.2 Å². The maximum absolute atomic E-state index is 12.5. The van der Waals surface area contributed by atoms with E-state index in [1.807, 2.05) is 0 Å². The van der Waals surface area contributed by atoms with Gasteiger partial charge in [-0.15, -0.1) is 0 Å². The number of rotatable bonds is 5. The summed E-state index contributed by atoms with van der Waals surface area (Å²) in [5.74, 6) is 0.104. The van der Waals surface area contributed by atoms with E-state index in [0.29, 0.717) is 15.2 Å². The number of benzene rings is 1. The van der Waals surface area contributed by atoms with Crippen molar-refractivity contribution in [2.24, 2.45) is 0 Å². The third-order valence-electron chi connectivity index (χ3n) is 3.61. The van der Waals surface area contributed by atoms with Gasteiger partial charge in [-0.05, 0) is 47.4 Å². The van der Waals surface area contributed by atoms with Crippen molar-refractivity contribution in [1.29, 1.82) is 0 Å². The van der Waals surface area contributed by atoms with Gasteiger partial charge in [0.15, 0.2) is 5.75 Å². The smallest absolute Gasteiger partial charge is 0.387 e. The van der Waals surface area contributed by atoms with Crippen LogP contribution in [0.2, 0.25) is 5.02 Å². The highest BCUT2D eigenvalue weighted by molar-refractivity contribution is 9.10. The van der Waals surface area contributed by atoms with Gasteiger partial charge in [0.1, 0.15) is 0 Å². The highest BCUT2D eigenvalue weighted by Crippen LogP contribution is 2.38. The number of halogens is 4. The van der Waals surface area contributed by atoms with E-state index >= 15 is 0 Å². The average molecular weight is 384 g/mol. The number of nitrogens with zero attached hydrogens (tertiary/aromatic N) is 1. The van der Waals surface area contributed by atoms with E-state index in [4.69, 9.17) is 11.6 Å². The van der Waals surface area contributed by atoms with E-state index < -0.39 is 6.61 Å². The number of alkyl halides is 2. The van der Waals surface area contributed by atoms with Gasteiger partial charge >= 0.3 is 6.61 Å². The van der Waals surface area contributed by atoms with Gasteiger partial charge in [0.2, 0.25) is 0 Å². The van der Waals surface area contributed by atoms with E-state index in [1.165, 1.54) is 0 Å². The lowest BCUT2D eigenvalue weighted by Crippen LogP contribution is -2.38. The minimum absolute atomic E-state index is 0.104. The number of hydrogen-bond acceptors (Lipinski definition) is 3. The van der Waals surface area contributed by atoms with Crippen LogP contribution in [0.3, 0.4) is 0 Å². The van der Waals surface area contributed by atoms with Crippen molar-refractivity contribution < 1.29 is 13.5 Å².